The van der Waals surface area contributed by atoms with Gasteiger partial charge < -0.3 is 9.84 Å². The standard InChI is InChI=1S/C11H12O2.C2H4O2/c1-3-13-11(12)9(2)10-7-5-4-6-8-10;1-2(3)4/h3-9H,1H2,2H3;1H3,(H,3,4)/t9-;/m1./s1. The Morgan fingerprint density at radius 3 is 2.24 bits per heavy atom. The van der Waals surface area contributed by atoms with Gasteiger partial charge in [0.1, 0.15) is 0 Å². The van der Waals surface area contributed by atoms with Crippen LogP contribution in [0.3, 0.4) is 0 Å². The maximum absolute atomic E-state index is 11.3. The molecule has 0 radical (unpaired) electrons. The number of ether oxygens (including phenoxy) is 1. The predicted octanol–water partition coefficient (Wildman–Crippen LogP) is 2.57. The molecule has 0 spiro atoms. The van der Waals surface area contributed by atoms with Crippen LogP contribution in [0.2, 0.25) is 0 Å². The van der Waals surface area contributed by atoms with Crippen molar-refractivity contribution < 1.29 is 19.4 Å². The third-order valence-electron chi connectivity index (χ3n) is 1.85. The zero-order valence-electron chi connectivity index (χ0n) is 9.92. The average Bonchev–Trinajstić information content (AvgIpc) is 2.29. The summed E-state index contributed by atoms with van der Waals surface area (Å²) in [6, 6.07) is 9.50. The van der Waals surface area contributed by atoms with Crippen LogP contribution in [0.5, 0.6) is 0 Å². The Kier molecular flexibility index (Phi) is 7.10. The number of carbonyl (C=O) groups is 2. The van der Waals surface area contributed by atoms with Crippen LogP contribution in [0, 0.1) is 0 Å². The largest absolute Gasteiger partial charge is 0.481 e. The zero-order chi connectivity index (χ0) is 13.3. The summed E-state index contributed by atoms with van der Waals surface area (Å²) in [7, 11) is 0. The summed E-state index contributed by atoms with van der Waals surface area (Å²) in [5.74, 6) is -1.35. The van der Waals surface area contributed by atoms with Crippen molar-refractivity contribution in [2.24, 2.45) is 0 Å². The number of benzene rings is 1. The van der Waals surface area contributed by atoms with E-state index < -0.39 is 5.97 Å². The van der Waals surface area contributed by atoms with E-state index in [1.165, 1.54) is 0 Å². The first kappa shape index (κ1) is 14.9. The van der Waals surface area contributed by atoms with Crippen LogP contribution >= 0.6 is 0 Å². The number of carboxylic acid groups (broad SMARTS) is 1. The molecule has 0 heterocycles. The Bertz CT molecular complexity index is 366. The average molecular weight is 236 g/mol. The number of hydrogen-bond donors (Lipinski definition) is 1. The normalized spacial score (nSPS) is 10.5. The third kappa shape index (κ3) is 6.89. The maximum atomic E-state index is 11.3. The van der Waals surface area contributed by atoms with Crippen LogP contribution in [0.1, 0.15) is 25.3 Å². The van der Waals surface area contributed by atoms with Crippen molar-refractivity contribution in [1.29, 1.82) is 0 Å². The summed E-state index contributed by atoms with van der Waals surface area (Å²) in [5.41, 5.74) is 0.953. The molecule has 4 nitrogen and oxygen atoms in total. The van der Waals surface area contributed by atoms with Gasteiger partial charge in [0.05, 0.1) is 12.2 Å². The maximum Gasteiger partial charge on any atom is 0.317 e. The van der Waals surface area contributed by atoms with Crippen molar-refractivity contribution in [3.63, 3.8) is 0 Å². The second-order valence-electron chi connectivity index (χ2n) is 3.25. The van der Waals surface area contributed by atoms with Crippen molar-refractivity contribution in [3.8, 4) is 0 Å². The van der Waals surface area contributed by atoms with E-state index in [-0.39, 0.29) is 11.9 Å². The van der Waals surface area contributed by atoms with Gasteiger partial charge in [0.2, 0.25) is 0 Å². The molecular weight excluding hydrogens is 220 g/mol. The number of rotatable bonds is 3. The van der Waals surface area contributed by atoms with Crippen molar-refractivity contribution in [3.05, 3.63) is 48.7 Å². The van der Waals surface area contributed by atoms with Gasteiger partial charge >= 0.3 is 5.97 Å². The fraction of sp³-hybridized carbons (Fsp3) is 0.231. The fourth-order valence-corrected chi connectivity index (χ4v) is 1.06. The van der Waals surface area contributed by atoms with Gasteiger partial charge in [-0.1, -0.05) is 36.9 Å². The van der Waals surface area contributed by atoms with Crippen molar-refractivity contribution >= 4 is 11.9 Å². The van der Waals surface area contributed by atoms with Gasteiger partial charge in [-0.25, -0.2) is 0 Å². The van der Waals surface area contributed by atoms with Gasteiger partial charge in [0, 0.05) is 6.92 Å². The second-order valence-corrected chi connectivity index (χ2v) is 3.25. The molecule has 1 rings (SSSR count). The summed E-state index contributed by atoms with van der Waals surface area (Å²) >= 11 is 0. The van der Waals surface area contributed by atoms with Gasteiger partial charge in [0.25, 0.3) is 5.97 Å². The number of carboxylic acids is 1. The van der Waals surface area contributed by atoms with E-state index in [4.69, 9.17) is 9.90 Å². The first-order chi connectivity index (χ1) is 7.99. The molecule has 0 amide bonds. The fourth-order valence-electron chi connectivity index (χ4n) is 1.06. The summed E-state index contributed by atoms with van der Waals surface area (Å²) < 4.78 is 4.68. The molecular formula is C13H16O4. The minimum Gasteiger partial charge on any atom is -0.481 e. The van der Waals surface area contributed by atoms with Crippen LogP contribution in [0.4, 0.5) is 0 Å². The lowest BCUT2D eigenvalue weighted by Gasteiger charge is -2.08. The van der Waals surface area contributed by atoms with Crippen LogP contribution in [-0.2, 0) is 14.3 Å². The molecule has 0 fully saturated rings. The molecule has 0 aliphatic rings. The molecule has 0 saturated carbocycles. The molecule has 0 unspecified atom stereocenters. The van der Waals surface area contributed by atoms with Gasteiger partial charge in [-0.05, 0) is 12.5 Å². The predicted molar refractivity (Wildman–Crippen MR) is 64.5 cm³/mol. The van der Waals surface area contributed by atoms with E-state index >= 15 is 0 Å². The number of carbonyl (C=O) groups excluding carboxylic acids is 1. The van der Waals surface area contributed by atoms with Crippen LogP contribution in [-0.4, -0.2) is 17.0 Å². The van der Waals surface area contributed by atoms with Crippen LogP contribution in [0.25, 0.3) is 0 Å². The molecule has 4 heteroatoms. The highest BCUT2D eigenvalue weighted by Crippen LogP contribution is 2.15. The lowest BCUT2D eigenvalue weighted by Crippen LogP contribution is -2.09. The first-order valence-corrected chi connectivity index (χ1v) is 5.05. The minimum absolute atomic E-state index is 0.237. The lowest BCUT2D eigenvalue weighted by molar-refractivity contribution is -0.139. The van der Waals surface area contributed by atoms with E-state index in [2.05, 4.69) is 11.3 Å². The molecule has 1 aromatic carbocycles. The second kappa shape index (κ2) is 8.10. The smallest absolute Gasteiger partial charge is 0.317 e. The van der Waals surface area contributed by atoms with Crippen molar-refractivity contribution in [2.45, 2.75) is 19.8 Å². The van der Waals surface area contributed by atoms with Crippen LogP contribution < -0.4 is 0 Å². The van der Waals surface area contributed by atoms with E-state index in [9.17, 15) is 4.79 Å². The number of aliphatic carboxylic acids is 1. The Morgan fingerprint density at radius 2 is 1.82 bits per heavy atom. The van der Waals surface area contributed by atoms with E-state index in [1.807, 2.05) is 30.3 Å². The molecule has 0 saturated heterocycles. The molecule has 92 valence electrons. The molecule has 17 heavy (non-hydrogen) atoms. The Labute approximate surface area is 101 Å². The summed E-state index contributed by atoms with van der Waals surface area (Å²) in [6.45, 7) is 6.22. The molecule has 1 aromatic rings. The summed E-state index contributed by atoms with van der Waals surface area (Å²) in [6.07, 6.45) is 1.15. The lowest BCUT2D eigenvalue weighted by atomic mass is 10.0. The third-order valence-corrected chi connectivity index (χ3v) is 1.85. The topological polar surface area (TPSA) is 63.6 Å². The molecule has 0 aliphatic heterocycles. The summed E-state index contributed by atoms with van der Waals surface area (Å²) in [5, 5.41) is 7.42. The SMILES string of the molecule is C=COC(=O)[C@H](C)c1ccccc1.CC(=O)O. The minimum atomic E-state index is -0.833. The highest BCUT2D eigenvalue weighted by molar-refractivity contribution is 5.78. The molecule has 0 bridgehead atoms. The Hall–Kier alpha value is -2.10. The summed E-state index contributed by atoms with van der Waals surface area (Å²) in [4.78, 5) is 20.3. The van der Waals surface area contributed by atoms with Crippen molar-refractivity contribution in [1.82, 2.24) is 0 Å². The molecule has 0 aliphatic carbocycles. The molecule has 1 N–H and O–H groups in total. The van der Waals surface area contributed by atoms with E-state index in [0.717, 1.165) is 18.7 Å². The Balaban J connectivity index is 0.000000557. The number of esters is 1. The first-order valence-electron chi connectivity index (χ1n) is 5.05. The number of hydrogen-bond acceptors (Lipinski definition) is 3. The zero-order valence-corrected chi connectivity index (χ0v) is 9.92. The van der Waals surface area contributed by atoms with Gasteiger partial charge in [-0.3, -0.25) is 9.59 Å². The quantitative estimate of drug-likeness (QED) is 0.647. The van der Waals surface area contributed by atoms with Crippen LogP contribution in [0.15, 0.2) is 43.2 Å². The highest BCUT2D eigenvalue weighted by atomic mass is 16.5. The van der Waals surface area contributed by atoms with E-state index in [0.29, 0.717) is 0 Å². The van der Waals surface area contributed by atoms with Gasteiger partial charge in [-0.2, -0.15) is 0 Å². The van der Waals surface area contributed by atoms with Gasteiger partial charge in [0.15, 0.2) is 0 Å². The van der Waals surface area contributed by atoms with E-state index in [1.54, 1.807) is 6.92 Å². The highest BCUT2D eigenvalue weighted by Gasteiger charge is 2.14. The van der Waals surface area contributed by atoms with Gasteiger partial charge in [-0.15, -0.1) is 0 Å². The monoisotopic (exact) mass is 236 g/mol. The molecule has 0 aromatic heterocycles. The Morgan fingerprint density at radius 1 is 1.35 bits per heavy atom. The molecule has 1 atom stereocenters. The van der Waals surface area contributed by atoms with Crippen molar-refractivity contribution in [2.75, 3.05) is 0 Å².